The van der Waals surface area contributed by atoms with Gasteiger partial charge in [-0.15, -0.1) is 0 Å². The lowest BCUT2D eigenvalue weighted by Gasteiger charge is -2.11. The lowest BCUT2D eigenvalue weighted by atomic mass is 10.00. The van der Waals surface area contributed by atoms with E-state index in [0.717, 1.165) is 12.1 Å². The zero-order valence-corrected chi connectivity index (χ0v) is 11.0. The average molecular weight is 264 g/mol. The summed E-state index contributed by atoms with van der Waals surface area (Å²) in [5.74, 6) is -0.708. The van der Waals surface area contributed by atoms with Crippen LogP contribution in [0.25, 0.3) is 10.9 Å². The van der Waals surface area contributed by atoms with Crippen LogP contribution in [0.2, 0.25) is 5.02 Å². The summed E-state index contributed by atoms with van der Waals surface area (Å²) in [7, 11) is 0. The predicted molar refractivity (Wildman–Crippen MR) is 72.4 cm³/mol. The van der Waals surface area contributed by atoms with E-state index in [-0.39, 0.29) is 11.5 Å². The monoisotopic (exact) mass is 263 g/mol. The third-order valence-electron chi connectivity index (χ3n) is 3.14. The van der Waals surface area contributed by atoms with Crippen molar-refractivity contribution >= 4 is 28.5 Å². The van der Waals surface area contributed by atoms with Crippen LogP contribution in [0.3, 0.4) is 0 Å². The van der Waals surface area contributed by atoms with Gasteiger partial charge in [-0.25, -0.2) is 4.79 Å². The lowest BCUT2D eigenvalue weighted by molar-refractivity contribution is 0.0699. The number of benzene rings is 1. The topological polar surface area (TPSA) is 50.2 Å². The molecule has 2 aromatic rings. The summed E-state index contributed by atoms with van der Waals surface area (Å²) in [6.07, 6.45) is 0.915. The molecule has 4 heteroatoms. The maximum absolute atomic E-state index is 11.3. The van der Waals surface area contributed by atoms with Gasteiger partial charge in [0.25, 0.3) is 0 Å². The normalized spacial score (nSPS) is 12.6. The Hall–Kier alpha value is -1.61. The number of carboxylic acids is 1. The van der Waals surface area contributed by atoms with Gasteiger partial charge in [-0.2, -0.15) is 0 Å². The number of rotatable bonds is 3. The van der Waals surface area contributed by atoms with E-state index in [2.05, 4.69) is 11.9 Å². The van der Waals surface area contributed by atoms with Gasteiger partial charge in [0.15, 0.2) is 0 Å². The van der Waals surface area contributed by atoms with Gasteiger partial charge in [0.05, 0.1) is 11.1 Å². The predicted octanol–water partition coefficient (Wildman–Crippen LogP) is 4.10. The Balaban J connectivity index is 2.74. The number of hydrogen-bond donors (Lipinski definition) is 1. The van der Waals surface area contributed by atoms with Crippen LogP contribution in [0.1, 0.15) is 42.2 Å². The van der Waals surface area contributed by atoms with Gasteiger partial charge < -0.3 is 5.11 Å². The van der Waals surface area contributed by atoms with Gasteiger partial charge in [-0.05, 0) is 30.5 Å². The second-order valence-electron chi connectivity index (χ2n) is 4.37. The molecule has 1 heterocycles. The summed E-state index contributed by atoms with van der Waals surface area (Å²) in [5, 5.41) is 10.5. The summed E-state index contributed by atoms with van der Waals surface area (Å²) in [4.78, 5) is 15.8. The third-order valence-corrected chi connectivity index (χ3v) is 3.37. The fourth-order valence-electron chi connectivity index (χ4n) is 1.86. The standard InChI is InChI=1S/C14H14ClNO2/c1-3-8(2)12-7-11(14(17)18)10-5-4-9(15)6-13(10)16-12/h4-8H,3H2,1-2H3,(H,17,18). The zero-order chi connectivity index (χ0) is 13.3. The number of nitrogens with zero attached hydrogens (tertiary/aromatic N) is 1. The molecule has 2 rings (SSSR count). The first-order valence-corrected chi connectivity index (χ1v) is 6.24. The number of hydrogen-bond acceptors (Lipinski definition) is 2. The SMILES string of the molecule is CCC(C)c1cc(C(=O)O)c2ccc(Cl)cc2n1. The van der Waals surface area contributed by atoms with Crippen molar-refractivity contribution in [2.75, 3.05) is 0 Å². The van der Waals surface area contributed by atoms with Gasteiger partial charge in [0.1, 0.15) is 0 Å². The number of fused-ring (bicyclic) bond motifs is 1. The van der Waals surface area contributed by atoms with Gasteiger partial charge >= 0.3 is 5.97 Å². The van der Waals surface area contributed by atoms with E-state index >= 15 is 0 Å². The minimum Gasteiger partial charge on any atom is -0.478 e. The zero-order valence-electron chi connectivity index (χ0n) is 10.3. The van der Waals surface area contributed by atoms with E-state index in [4.69, 9.17) is 11.6 Å². The summed E-state index contributed by atoms with van der Waals surface area (Å²) in [6.45, 7) is 4.08. The molecule has 94 valence electrons. The second kappa shape index (κ2) is 4.94. The quantitative estimate of drug-likeness (QED) is 0.907. The summed E-state index contributed by atoms with van der Waals surface area (Å²) in [5.41, 5.74) is 1.72. The Kier molecular flexibility index (Phi) is 3.53. The van der Waals surface area contributed by atoms with Crippen molar-refractivity contribution in [3.8, 4) is 0 Å². The largest absolute Gasteiger partial charge is 0.478 e. The molecule has 1 aromatic heterocycles. The van der Waals surface area contributed by atoms with Crippen molar-refractivity contribution in [3.63, 3.8) is 0 Å². The highest BCUT2D eigenvalue weighted by atomic mass is 35.5. The van der Waals surface area contributed by atoms with Crippen LogP contribution in [0.4, 0.5) is 0 Å². The van der Waals surface area contributed by atoms with Crippen molar-refractivity contribution in [1.82, 2.24) is 4.98 Å². The Morgan fingerprint density at radius 3 is 2.78 bits per heavy atom. The fraction of sp³-hybridized carbons (Fsp3) is 0.286. The number of aromatic carboxylic acids is 1. The summed E-state index contributed by atoms with van der Waals surface area (Å²) in [6, 6.07) is 6.75. The van der Waals surface area contributed by atoms with Gasteiger partial charge in [0, 0.05) is 16.1 Å². The summed E-state index contributed by atoms with van der Waals surface area (Å²) >= 11 is 5.93. The Labute approximate surface area is 110 Å². The third kappa shape index (κ3) is 2.31. The molecule has 1 aromatic carbocycles. The van der Waals surface area contributed by atoms with Crippen molar-refractivity contribution in [2.45, 2.75) is 26.2 Å². The highest BCUT2D eigenvalue weighted by Gasteiger charge is 2.14. The molecule has 0 fully saturated rings. The smallest absolute Gasteiger partial charge is 0.336 e. The molecule has 0 saturated carbocycles. The molecule has 1 unspecified atom stereocenters. The number of carbonyl (C=O) groups is 1. The highest BCUT2D eigenvalue weighted by molar-refractivity contribution is 6.31. The summed E-state index contributed by atoms with van der Waals surface area (Å²) < 4.78 is 0. The number of halogens is 1. The second-order valence-corrected chi connectivity index (χ2v) is 4.81. The van der Waals surface area contributed by atoms with Crippen LogP contribution in [0, 0.1) is 0 Å². The van der Waals surface area contributed by atoms with Crippen LogP contribution in [0.15, 0.2) is 24.3 Å². The van der Waals surface area contributed by atoms with Crippen LogP contribution in [-0.4, -0.2) is 16.1 Å². The van der Waals surface area contributed by atoms with E-state index in [1.165, 1.54) is 0 Å². The van der Waals surface area contributed by atoms with Gasteiger partial charge in [-0.1, -0.05) is 31.5 Å². The number of aromatic nitrogens is 1. The number of carboxylic acid groups (broad SMARTS) is 1. The van der Waals surface area contributed by atoms with Crippen LogP contribution in [0.5, 0.6) is 0 Å². The maximum Gasteiger partial charge on any atom is 0.336 e. The molecule has 1 atom stereocenters. The minimum absolute atomic E-state index is 0.228. The van der Waals surface area contributed by atoms with Crippen LogP contribution >= 0.6 is 11.6 Å². The molecule has 0 saturated heterocycles. The minimum atomic E-state index is -0.936. The molecule has 0 bridgehead atoms. The molecular formula is C14H14ClNO2. The van der Waals surface area contributed by atoms with Crippen molar-refractivity contribution in [3.05, 3.63) is 40.5 Å². The van der Waals surface area contributed by atoms with E-state index in [9.17, 15) is 9.90 Å². The van der Waals surface area contributed by atoms with Gasteiger partial charge in [0.2, 0.25) is 0 Å². The van der Waals surface area contributed by atoms with Crippen molar-refractivity contribution in [1.29, 1.82) is 0 Å². The first-order valence-electron chi connectivity index (χ1n) is 5.86. The van der Waals surface area contributed by atoms with Crippen LogP contribution < -0.4 is 0 Å². The maximum atomic E-state index is 11.3. The molecule has 0 radical (unpaired) electrons. The van der Waals surface area contributed by atoms with E-state index in [1.54, 1.807) is 24.3 Å². The van der Waals surface area contributed by atoms with Gasteiger partial charge in [-0.3, -0.25) is 4.98 Å². The highest BCUT2D eigenvalue weighted by Crippen LogP contribution is 2.26. The van der Waals surface area contributed by atoms with Crippen molar-refractivity contribution < 1.29 is 9.90 Å². The molecule has 3 nitrogen and oxygen atoms in total. The molecule has 0 aliphatic carbocycles. The van der Waals surface area contributed by atoms with E-state index < -0.39 is 5.97 Å². The Bertz CT molecular complexity index is 610. The molecule has 0 amide bonds. The Morgan fingerprint density at radius 2 is 2.17 bits per heavy atom. The molecule has 1 N–H and O–H groups in total. The van der Waals surface area contributed by atoms with E-state index in [0.29, 0.717) is 15.9 Å². The lowest BCUT2D eigenvalue weighted by Crippen LogP contribution is -2.04. The number of pyridine rings is 1. The van der Waals surface area contributed by atoms with Crippen molar-refractivity contribution in [2.24, 2.45) is 0 Å². The molecular weight excluding hydrogens is 250 g/mol. The fourth-order valence-corrected chi connectivity index (χ4v) is 2.03. The average Bonchev–Trinajstić information content (AvgIpc) is 2.35. The van der Waals surface area contributed by atoms with Crippen LogP contribution in [-0.2, 0) is 0 Å². The van der Waals surface area contributed by atoms with E-state index in [1.807, 2.05) is 6.92 Å². The molecule has 18 heavy (non-hydrogen) atoms. The Morgan fingerprint density at radius 1 is 1.44 bits per heavy atom. The molecule has 0 aliphatic rings. The first-order chi connectivity index (χ1) is 8.52. The molecule has 0 spiro atoms. The first kappa shape index (κ1) is 12.8. The molecule has 0 aliphatic heterocycles.